The molecule has 1 N–H and O–H groups in total. The maximum atomic E-state index is 13.2. The first-order valence-electron chi connectivity index (χ1n) is 12.7. The van der Waals surface area contributed by atoms with Gasteiger partial charge in [0.25, 0.3) is 0 Å². The van der Waals surface area contributed by atoms with Crippen LogP contribution in [-0.4, -0.2) is 48.4 Å². The van der Waals surface area contributed by atoms with Crippen LogP contribution in [0.2, 0.25) is 0 Å². The maximum Gasteiger partial charge on any atom is 0.234 e. The minimum absolute atomic E-state index is 0.0980. The standard InChI is InChI=1S/C30H33FN2O4/c1-22-6-5-17-33(22)19-30(35)32-28(21-36-20-24-7-3-2-4-8-24)29(34)18-23-9-13-26(14-10-23)37-27-15-11-25(31)12-16-27/h2-4,7-16,22,28H,5-6,17-21H2,1H3,(H,32,35)/t22?,28-/m0/s1. The van der Waals surface area contributed by atoms with Gasteiger partial charge in [0.15, 0.2) is 5.78 Å². The van der Waals surface area contributed by atoms with Gasteiger partial charge in [0.2, 0.25) is 5.91 Å². The predicted octanol–water partition coefficient (Wildman–Crippen LogP) is 4.92. The second-order valence-electron chi connectivity index (χ2n) is 9.43. The highest BCUT2D eigenvalue weighted by Crippen LogP contribution is 2.22. The zero-order valence-electron chi connectivity index (χ0n) is 21.1. The lowest BCUT2D eigenvalue weighted by molar-refractivity contribution is -0.129. The molecule has 6 nitrogen and oxygen atoms in total. The molecule has 0 aromatic heterocycles. The summed E-state index contributed by atoms with van der Waals surface area (Å²) in [5, 5.41) is 2.91. The molecule has 1 amide bonds. The van der Waals surface area contributed by atoms with Gasteiger partial charge in [0, 0.05) is 12.5 Å². The molecule has 3 aromatic carbocycles. The molecule has 0 spiro atoms. The summed E-state index contributed by atoms with van der Waals surface area (Å²) in [5.41, 5.74) is 1.80. The second-order valence-corrected chi connectivity index (χ2v) is 9.43. The Kier molecular flexibility index (Phi) is 9.40. The number of nitrogens with zero attached hydrogens (tertiary/aromatic N) is 1. The van der Waals surface area contributed by atoms with E-state index in [2.05, 4.69) is 17.1 Å². The molecule has 1 fully saturated rings. The number of likely N-dealkylation sites (tertiary alicyclic amines) is 1. The lowest BCUT2D eigenvalue weighted by atomic mass is 10.0. The molecule has 1 aliphatic heterocycles. The number of carbonyl (C=O) groups excluding carboxylic acids is 2. The summed E-state index contributed by atoms with van der Waals surface area (Å²) in [4.78, 5) is 28.1. The van der Waals surface area contributed by atoms with Crippen LogP contribution in [0.15, 0.2) is 78.9 Å². The van der Waals surface area contributed by atoms with Crippen molar-refractivity contribution >= 4 is 11.7 Å². The van der Waals surface area contributed by atoms with Crippen LogP contribution in [-0.2, 0) is 27.4 Å². The first-order valence-corrected chi connectivity index (χ1v) is 12.7. The summed E-state index contributed by atoms with van der Waals surface area (Å²) >= 11 is 0. The van der Waals surface area contributed by atoms with Crippen molar-refractivity contribution in [3.8, 4) is 11.5 Å². The van der Waals surface area contributed by atoms with E-state index in [1.54, 1.807) is 24.3 Å². The third-order valence-corrected chi connectivity index (χ3v) is 6.51. The normalized spacial score (nSPS) is 16.3. The number of hydrogen-bond donors (Lipinski definition) is 1. The molecule has 3 aromatic rings. The molecule has 1 unspecified atom stereocenters. The summed E-state index contributed by atoms with van der Waals surface area (Å²) in [5.74, 6) is 0.488. The van der Waals surface area contributed by atoms with E-state index in [4.69, 9.17) is 9.47 Å². The average Bonchev–Trinajstić information content (AvgIpc) is 3.30. The highest BCUT2D eigenvalue weighted by Gasteiger charge is 2.26. The Hall–Kier alpha value is -3.55. The van der Waals surface area contributed by atoms with Gasteiger partial charge in [0.05, 0.1) is 19.8 Å². The van der Waals surface area contributed by atoms with Gasteiger partial charge < -0.3 is 14.8 Å². The predicted molar refractivity (Wildman–Crippen MR) is 140 cm³/mol. The summed E-state index contributed by atoms with van der Waals surface area (Å²) in [6, 6.07) is 22.3. The molecule has 7 heteroatoms. The molecular weight excluding hydrogens is 471 g/mol. The molecule has 194 valence electrons. The van der Waals surface area contributed by atoms with Crippen LogP contribution in [0.25, 0.3) is 0 Å². The Balaban J connectivity index is 1.35. The third-order valence-electron chi connectivity index (χ3n) is 6.51. The third kappa shape index (κ3) is 8.23. The van der Waals surface area contributed by atoms with E-state index in [1.165, 1.54) is 12.1 Å². The number of ether oxygens (including phenoxy) is 2. The van der Waals surface area contributed by atoms with Crippen molar-refractivity contribution in [1.29, 1.82) is 0 Å². The van der Waals surface area contributed by atoms with Crippen molar-refractivity contribution < 1.29 is 23.5 Å². The van der Waals surface area contributed by atoms with Gasteiger partial charge in [-0.1, -0.05) is 42.5 Å². The second kappa shape index (κ2) is 13.1. The van der Waals surface area contributed by atoms with E-state index in [0.29, 0.717) is 24.1 Å². The van der Waals surface area contributed by atoms with Crippen molar-refractivity contribution in [2.75, 3.05) is 19.7 Å². The summed E-state index contributed by atoms with van der Waals surface area (Å²) in [7, 11) is 0. The fraction of sp³-hybridized carbons (Fsp3) is 0.333. The fourth-order valence-electron chi connectivity index (χ4n) is 4.37. The molecule has 2 atom stereocenters. The Morgan fingerprint density at radius 2 is 1.65 bits per heavy atom. The molecule has 1 heterocycles. The highest BCUT2D eigenvalue weighted by atomic mass is 19.1. The molecule has 37 heavy (non-hydrogen) atoms. The molecule has 0 aliphatic carbocycles. The molecule has 0 saturated carbocycles. The number of carbonyl (C=O) groups is 2. The minimum Gasteiger partial charge on any atom is -0.457 e. The SMILES string of the molecule is CC1CCCN1CC(=O)N[C@@H](COCc1ccccc1)C(=O)Cc1ccc(Oc2ccc(F)cc2)cc1. The van der Waals surface area contributed by atoms with Gasteiger partial charge in [-0.25, -0.2) is 4.39 Å². The molecule has 4 rings (SSSR count). The largest absolute Gasteiger partial charge is 0.457 e. The Morgan fingerprint density at radius 3 is 2.30 bits per heavy atom. The zero-order chi connectivity index (χ0) is 26.0. The van der Waals surface area contributed by atoms with E-state index in [1.807, 2.05) is 42.5 Å². The van der Waals surface area contributed by atoms with Crippen molar-refractivity contribution in [3.63, 3.8) is 0 Å². The van der Waals surface area contributed by atoms with Crippen LogP contribution < -0.4 is 10.1 Å². The van der Waals surface area contributed by atoms with E-state index < -0.39 is 6.04 Å². The summed E-state index contributed by atoms with van der Waals surface area (Å²) < 4.78 is 24.7. The summed E-state index contributed by atoms with van der Waals surface area (Å²) in [6.07, 6.45) is 2.31. The Bertz CT molecular complexity index is 1150. The van der Waals surface area contributed by atoms with Crippen LogP contribution in [0.4, 0.5) is 4.39 Å². The van der Waals surface area contributed by atoms with Crippen molar-refractivity contribution in [1.82, 2.24) is 10.2 Å². The van der Waals surface area contributed by atoms with Crippen LogP contribution in [0.5, 0.6) is 11.5 Å². The molecule has 0 radical (unpaired) electrons. The van der Waals surface area contributed by atoms with E-state index in [0.717, 1.165) is 30.5 Å². The minimum atomic E-state index is -0.746. The van der Waals surface area contributed by atoms with E-state index in [-0.39, 0.29) is 37.1 Å². The van der Waals surface area contributed by atoms with Gasteiger partial charge in [-0.3, -0.25) is 14.5 Å². The molecule has 0 bridgehead atoms. The molecule has 1 aliphatic rings. The topological polar surface area (TPSA) is 67.9 Å². The Labute approximate surface area is 217 Å². The number of Topliss-reactive ketones (excluding diaryl/α,β-unsaturated/α-hetero) is 1. The smallest absolute Gasteiger partial charge is 0.234 e. The molecular formula is C30H33FN2O4. The first kappa shape index (κ1) is 26.5. The number of halogens is 1. The van der Waals surface area contributed by atoms with Crippen molar-refractivity contribution in [2.24, 2.45) is 0 Å². The highest BCUT2D eigenvalue weighted by molar-refractivity contribution is 5.91. The number of rotatable bonds is 12. The average molecular weight is 505 g/mol. The van der Waals surface area contributed by atoms with Crippen LogP contribution in [0.1, 0.15) is 30.9 Å². The fourth-order valence-corrected chi connectivity index (χ4v) is 4.37. The summed E-state index contributed by atoms with van der Waals surface area (Å²) in [6.45, 7) is 3.75. The van der Waals surface area contributed by atoms with Gasteiger partial charge >= 0.3 is 0 Å². The number of hydrogen-bond acceptors (Lipinski definition) is 5. The van der Waals surface area contributed by atoms with E-state index >= 15 is 0 Å². The number of ketones is 1. The zero-order valence-corrected chi connectivity index (χ0v) is 21.1. The van der Waals surface area contributed by atoms with Crippen LogP contribution in [0.3, 0.4) is 0 Å². The first-order chi connectivity index (χ1) is 18.0. The van der Waals surface area contributed by atoms with Crippen molar-refractivity contribution in [3.05, 3.63) is 95.8 Å². The van der Waals surface area contributed by atoms with E-state index in [9.17, 15) is 14.0 Å². The van der Waals surface area contributed by atoms with Gasteiger partial charge in [0.1, 0.15) is 23.4 Å². The van der Waals surface area contributed by atoms with Gasteiger partial charge in [-0.15, -0.1) is 0 Å². The number of nitrogens with one attached hydrogen (secondary N) is 1. The lowest BCUT2D eigenvalue weighted by Crippen LogP contribution is -2.48. The van der Waals surface area contributed by atoms with Gasteiger partial charge in [-0.2, -0.15) is 0 Å². The van der Waals surface area contributed by atoms with Crippen LogP contribution in [0, 0.1) is 5.82 Å². The Morgan fingerprint density at radius 1 is 0.973 bits per heavy atom. The van der Waals surface area contributed by atoms with Crippen molar-refractivity contribution in [2.45, 2.75) is 44.9 Å². The van der Waals surface area contributed by atoms with Gasteiger partial charge in [-0.05, 0) is 73.8 Å². The number of amides is 1. The number of benzene rings is 3. The lowest BCUT2D eigenvalue weighted by Gasteiger charge is -2.23. The molecule has 1 saturated heterocycles. The quantitative estimate of drug-likeness (QED) is 0.379. The monoisotopic (exact) mass is 504 g/mol. The van der Waals surface area contributed by atoms with Crippen LogP contribution >= 0.6 is 0 Å². The maximum absolute atomic E-state index is 13.2.